The minimum Gasteiger partial charge on any atom is -0.0883 e. The summed E-state index contributed by atoms with van der Waals surface area (Å²) in [6.07, 6.45) is 11.6. The van der Waals surface area contributed by atoms with Crippen molar-refractivity contribution in [2.75, 3.05) is 5.33 Å². The highest BCUT2D eigenvalue weighted by Gasteiger charge is 2.18. The number of halogens is 2. The maximum atomic E-state index is 3.73. The van der Waals surface area contributed by atoms with Crippen LogP contribution in [0.2, 0.25) is 0 Å². The molecule has 0 spiro atoms. The Balaban J connectivity index is 2.29. The van der Waals surface area contributed by atoms with E-state index < -0.39 is 0 Å². The van der Waals surface area contributed by atoms with Gasteiger partial charge in [-0.1, -0.05) is 63.3 Å². The molecule has 0 aromatic heterocycles. The highest BCUT2D eigenvalue weighted by atomic mass is 79.9. The Bertz CT molecular complexity index is 137. The number of allylic oxidation sites excluding steroid dienone is 2. The molecule has 0 bridgehead atoms. The lowest BCUT2D eigenvalue weighted by atomic mass is 9.87. The zero-order chi connectivity index (χ0) is 8.81. The standard InChI is InChI=1S/C10H16Br2/c11-8-4-7-10(12)9-5-2-1-3-6-9/h4,7,9-10H,1-3,5-6,8H2/b7-4+. The molecule has 0 nitrogen and oxygen atoms in total. The summed E-state index contributed by atoms with van der Waals surface area (Å²) in [7, 11) is 0. The third-order valence-corrected chi connectivity index (χ3v) is 3.94. The Morgan fingerprint density at radius 1 is 1.25 bits per heavy atom. The summed E-state index contributed by atoms with van der Waals surface area (Å²) in [5, 5.41) is 0.974. The largest absolute Gasteiger partial charge is 0.0883 e. The Labute approximate surface area is 92.1 Å². The summed E-state index contributed by atoms with van der Waals surface area (Å²) >= 11 is 7.13. The molecule has 0 amide bonds. The van der Waals surface area contributed by atoms with E-state index in [1.54, 1.807) is 0 Å². The van der Waals surface area contributed by atoms with Crippen LogP contribution in [0.25, 0.3) is 0 Å². The molecule has 0 aromatic rings. The molecule has 0 saturated heterocycles. The van der Waals surface area contributed by atoms with Crippen LogP contribution in [0.5, 0.6) is 0 Å². The Morgan fingerprint density at radius 3 is 2.50 bits per heavy atom. The molecule has 1 rings (SSSR count). The molecular formula is C10H16Br2. The van der Waals surface area contributed by atoms with Gasteiger partial charge in [-0.3, -0.25) is 0 Å². The maximum absolute atomic E-state index is 3.73. The zero-order valence-electron chi connectivity index (χ0n) is 7.31. The van der Waals surface area contributed by atoms with Gasteiger partial charge in [0.15, 0.2) is 0 Å². The molecule has 1 aliphatic rings. The van der Waals surface area contributed by atoms with Gasteiger partial charge in [0.25, 0.3) is 0 Å². The van der Waals surface area contributed by atoms with Crippen LogP contribution in [-0.2, 0) is 0 Å². The van der Waals surface area contributed by atoms with Crippen LogP contribution in [0.3, 0.4) is 0 Å². The van der Waals surface area contributed by atoms with Crippen molar-refractivity contribution in [2.24, 2.45) is 5.92 Å². The third kappa shape index (κ3) is 3.61. The van der Waals surface area contributed by atoms with Crippen molar-refractivity contribution in [3.8, 4) is 0 Å². The summed E-state index contributed by atoms with van der Waals surface area (Å²) < 4.78 is 0. The zero-order valence-corrected chi connectivity index (χ0v) is 10.5. The van der Waals surface area contributed by atoms with Crippen molar-refractivity contribution in [3.05, 3.63) is 12.2 Å². The predicted octanol–water partition coefficient (Wildman–Crippen LogP) is 4.28. The summed E-state index contributed by atoms with van der Waals surface area (Å²) in [5.74, 6) is 0.883. The molecular weight excluding hydrogens is 280 g/mol. The van der Waals surface area contributed by atoms with E-state index in [4.69, 9.17) is 0 Å². The van der Waals surface area contributed by atoms with E-state index >= 15 is 0 Å². The Hall–Kier alpha value is 0.700. The van der Waals surface area contributed by atoms with E-state index in [1.807, 2.05) is 0 Å². The van der Waals surface area contributed by atoms with Gasteiger partial charge in [0, 0.05) is 10.2 Å². The summed E-state index contributed by atoms with van der Waals surface area (Å²) in [6.45, 7) is 0. The van der Waals surface area contributed by atoms with Crippen molar-refractivity contribution in [3.63, 3.8) is 0 Å². The lowest BCUT2D eigenvalue weighted by molar-refractivity contribution is 0.370. The molecule has 1 saturated carbocycles. The van der Waals surface area contributed by atoms with Crippen molar-refractivity contribution in [1.29, 1.82) is 0 Å². The van der Waals surface area contributed by atoms with Gasteiger partial charge in [-0.2, -0.15) is 0 Å². The molecule has 70 valence electrons. The van der Waals surface area contributed by atoms with E-state index in [9.17, 15) is 0 Å². The molecule has 0 radical (unpaired) electrons. The van der Waals surface area contributed by atoms with E-state index in [2.05, 4.69) is 44.0 Å². The van der Waals surface area contributed by atoms with Gasteiger partial charge in [0.05, 0.1) is 0 Å². The van der Waals surface area contributed by atoms with Gasteiger partial charge in [-0.15, -0.1) is 0 Å². The second-order valence-corrected chi connectivity index (χ2v) is 5.13. The first-order valence-electron chi connectivity index (χ1n) is 4.71. The van der Waals surface area contributed by atoms with Gasteiger partial charge in [-0.05, 0) is 18.8 Å². The smallest absolute Gasteiger partial charge is 0.0353 e. The molecule has 0 heterocycles. The summed E-state index contributed by atoms with van der Waals surface area (Å²) in [6, 6.07) is 0. The van der Waals surface area contributed by atoms with Crippen LogP contribution >= 0.6 is 31.9 Å². The predicted molar refractivity (Wildman–Crippen MR) is 62.2 cm³/mol. The second kappa shape index (κ2) is 6.20. The Kier molecular flexibility index (Phi) is 5.57. The number of hydrogen-bond donors (Lipinski definition) is 0. The topological polar surface area (TPSA) is 0 Å². The van der Waals surface area contributed by atoms with E-state index in [0.29, 0.717) is 4.83 Å². The second-order valence-electron chi connectivity index (χ2n) is 3.42. The van der Waals surface area contributed by atoms with Gasteiger partial charge in [-0.25, -0.2) is 0 Å². The van der Waals surface area contributed by atoms with Crippen molar-refractivity contribution in [2.45, 2.75) is 36.9 Å². The van der Waals surface area contributed by atoms with Gasteiger partial charge < -0.3 is 0 Å². The first kappa shape index (κ1) is 10.8. The number of hydrogen-bond acceptors (Lipinski definition) is 0. The molecule has 1 unspecified atom stereocenters. The van der Waals surface area contributed by atoms with Crippen LogP contribution in [-0.4, -0.2) is 10.2 Å². The molecule has 1 fully saturated rings. The molecule has 12 heavy (non-hydrogen) atoms. The van der Waals surface area contributed by atoms with Crippen LogP contribution in [0.15, 0.2) is 12.2 Å². The maximum Gasteiger partial charge on any atom is 0.0353 e. The molecule has 2 heteroatoms. The SMILES string of the molecule is BrC/C=C/C(Br)C1CCCCC1. The lowest BCUT2D eigenvalue weighted by Gasteiger charge is -2.24. The monoisotopic (exact) mass is 294 g/mol. The highest BCUT2D eigenvalue weighted by molar-refractivity contribution is 9.09. The van der Waals surface area contributed by atoms with Crippen LogP contribution in [0.1, 0.15) is 32.1 Å². The quantitative estimate of drug-likeness (QED) is 0.538. The highest BCUT2D eigenvalue weighted by Crippen LogP contribution is 2.30. The van der Waals surface area contributed by atoms with Crippen LogP contribution in [0.4, 0.5) is 0 Å². The van der Waals surface area contributed by atoms with Crippen molar-refractivity contribution >= 4 is 31.9 Å². The summed E-state index contributed by atoms with van der Waals surface area (Å²) in [5.41, 5.74) is 0. The minimum atomic E-state index is 0.607. The molecule has 1 atom stereocenters. The lowest BCUT2D eigenvalue weighted by Crippen LogP contribution is -2.15. The molecule has 0 N–H and O–H groups in total. The van der Waals surface area contributed by atoms with Gasteiger partial charge >= 0.3 is 0 Å². The van der Waals surface area contributed by atoms with Crippen LogP contribution in [0, 0.1) is 5.92 Å². The molecule has 0 aliphatic heterocycles. The first-order chi connectivity index (χ1) is 5.84. The fourth-order valence-electron chi connectivity index (χ4n) is 1.79. The average Bonchev–Trinajstić information content (AvgIpc) is 2.15. The summed E-state index contributed by atoms with van der Waals surface area (Å²) in [4.78, 5) is 0.607. The van der Waals surface area contributed by atoms with E-state index in [1.165, 1.54) is 32.1 Å². The van der Waals surface area contributed by atoms with Gasteiger partial charge in [0.2, 0.25) is 0 Å². The normalized spacial score (nSPS) is 23.2. The van der Waals surface area contributed by atoms with Gasteiger partial charge in [0.1, 0.15) is 0 Å². The average molecular weight is 296 g/mol. The third-order valence-electron chi connectivity index (χ3n) is 2.51. The molecule has 1 aliphatic carbocycles. The van der Waals surface area contributed by atoms with Crippen molar-refractivity contribution < 1.29 is 0 Å². The molecule has 0 aromatic carbocycles. The van der Waals surface area contributed by atoms with E-state index in [0.717, 1.165) is 11.2 Å². The fourth-order valence-corrected chi connectivity index (χ4v) is 2.75. The number of rotatable bonds is 3. The van der Waals surface area contributed by atoms with Crippen molar-refractivity contribution in [1.82, 2.24) is 0 Å². The van der Waals surface area contributed by atoms with E-state index in [-0.39, 0.29) is 0 Å². The Morgan fingerprint density at radius 2 is 1.92 bits per heavy atom. The first-order valence-corrected chi connectivity index (χ1v) is 6.75. The van der Waals surface area contributed by atoms with Crippen LogP contribution < -0.4 is 0 Å². The minimum absolute atomic E-state index is 0.607. The number of alkyl halides is 2. The fraction of sp³-hybridized carbons (Fsp3) is 0.800.